The summed E-state index contributed by atoms with van der Waals surface area (Å²) in [4.78, 5) is 14.3. The fraction of sp³-hybridized carbons (Fsp3) is 0.333. The Kier molecular flexibility index (Phi) is 4.00. The van der Waals surface area contributed by atoms with Gasteiger partial charge in [0.1, 0.15) is 0 Å². The second-order valence-electron chi connectivity index (χ2n) is 4.65. The molecule has 0 atom stereocenters. The number of benzene rings is 1. The first-order valence-corrected chi connectivity index (χ1v) is 6.47. The Labute approximate surface area is 113 Å². The number of H-pyrrole nitrogens is 1. The van der Waals surface area contributed by atoms with E-state index in [9.17, 15) is 4.79 Å². The molecule has 4 nitrogen and oxygen atoms in total. The molecule has 0 spiro atoms. The molecule has 19 heavy (non-hydrogen) atoms. The minimum absolute atomic E-state index is 0.0250. The molecule has 0 bridgehead atoms. The average Bonchev–Trinajstić information content (AvgIpc) is 2.83. The molecule has 4 heteroatoms. The maximum absolute atomic E-state index is 12.4. The van der Waals surface area contributed by atoms with Crippen molar-refractivity contribution in [1.29, 1.82) is 0 Å². The Morgan fingerprint density at radius 1 is 1.32 bits per heavy atom. The van der Waals surface area contributed by atoms with E-state index in [0.29, 0.717) is 18.7 Å². The third kappa shape index (κ3) is 2.84. The lowest BCUT2D eigenvalue weighted by molar-refractivity contribution is 0.0751. The van der Waals surface area contributed by atoms with Gasteiger partial charge in [-0.05, 0) is 31.9 Å². The van der Waals surface area contributed by atoms with E-state index >= 15 is 0 Å². The number of carbonyl (C=O) groups excluding carboxylic acids is 1. The number of carbonyl (C=O) groups is 1. The van der Waals surface area contributed by atoms with Crippen LogP contribution in [-0.2, 0) is 6.54 Å². The number of nitrogens with zero attached hydrogens (tertiary/aromatic N) is 2. The lowest BCUT2D eigenvalue weighted by Crippen LogP contribution is -2.30. The SMILES string of the molecule is CCN(Cc1ccccc1C)C(=O)c1cn[nH]c1C. The molecule has 2 rings (SSSR count). The van der Waals surface area contributed by atoms with Gasteiger partial charge in [-0.25, -0.2) is 0 Å². The van der Waals surface area contributed by atoms with Gasteiger partial charge in [0, 0.05) is 18.8 Å². The molecule has 0 aliphatic rings. The molecule has 0 aliphatic carbocycles. The van der Waals surface area contributed by atoms with Gasteiger partial charge in [-0.1, -0.05) is 24.3 Å². The first-order valence-electron chi connectivity index (χ1n) is 6.47. The monoisotopic (exact) mass is 257 g/mol. The van der Waals surface area contributed by atoms with Gasteiger partial charge in [-0.3, -0.25) is 9.89 Å². The third-order valence-corrected chi connectivity index (χ3v) is 3.35. The zero-order valence-electron chi connectivity index (χ0n) is 11.6. The molecular weight excluding hydrogens is 238 g/mol. The number of amides is 1. The Hall–Kier alpha value is -2.10. The second kappa shape index (κ2) is 5.69. The van der Waals surface area contributed by atoms with Gasteiger partial charge < -0.3 is 4.90 Å². The van der Waals surface area contributed by atoms with Gasteiger partial charge in [-0.2, -0.15) is 5.10 Å². The summed E-state index contributed by atoms with van der Waals surface area (Å²) < 4.78 is 0. The fourth-order valence-electron chi connectivity index (χ4n) is 2.06. The van der Waals surface area contributed by atoms with Crippen LogP contribution < -0.4 is 0 Å². The Morgan fingerprint density at radius 2 is 2.05 bits per heavy atom. The molecule has 1 N–H and O–H groups in total. The number of nitrogens with one attached hydrogen (secondary N) is 1. The van der Waals surface area contributed by atoms with Crippen molar-refractivity contribution in [2.45, 2.75) is 27.3 Å². The summed E-state index contributed by atoms with van der Waals surface area (Å²) in [6.07, 6.45) is 1.60. The van der Waals surface area contributed by atoms with Gasteiger partial charge in [0.05, 0.1) is 11.8 Å². The summed E-state index contributed by atoms with van der Waals surface area (Å²) >= 11 is 0. The van der Waals surface area contributed by atoms with Gasteiger partial charge in [-0.15, -0.1) is 0 Å². The summed E-state index contributed by atoms with van der Waals surface area (Å²) in [5.41, 5.74) is 3.85. The van der Waals surface area contributed by atoms with Crippen LogP contribution in [0, 0.1) is 13.8 Å². The summed E-state index contributed by atoms with van der Waals surface area (Å²) in [5.74, 6) is 0.0250. The lowest BCUT2D eigenvalue weighted by Gasteiger charge is -2.21. The van der Waals surface area contributed by atoms with E-state index in [2.05, 4.69) is 29.3 Å². The molecule has 0 aliphatic heterocycles. The van der Waals surface area contributed by atoms with Crippen molar-refractivity contribution >= 4 is 5.91 Å². The fourth-order valence-corrected chi connectivity index (χ4v) is 2.06. The smallest absolute Gasteiger partial charge is 0.257 e. The van der Waals surface area contributed by atoms with Crippen molar-refractivity contribution < 1.29 is 4.79 Å². The van der Waals surface area contributed by atoms with E-state index in [0.717, 1.165) is 5.69 Å². The van der Waals surface area contributed by atoms with Crippen molar-refractivity contribution in [3.05, 3.63) is 52.8 Å². The maximum Gasteiger partial charge on any atom is 0.257 e. The highest BCUT2D eigenvalue weighted by Gasteiger charge is 2.18. The van der Waals surface area contributed by atoms with Gasteiger partial charge in [0.15, 0.2) is 0 Å². The number of aryl methyl sites for hydroxylation is 2. The Morgan fingerprint density at radius 3 is 2.63 bits per heavy atom. The molecule has 100 valence electrons. The molecule has 0 unspecified atom stereocenters. The quantitative estimate of drug-likeness (QED) is 0.915. The Balaban J connectivity index is 2.20. The van der Waals surface area contributed by atoms with Crippen LogP contribution in [0.5, 0.6) is 0 Å². The van der Waals surface area contributed by atoms with E-state index in [1.54, 1.807) is 6.20 Å². The predicted molar refractivity (Wildman–Crippen MR) is 74.9 cm³/mol. The van der Waals surface area contributed by atoms with Crippen LogP contribution in [0.2, 0.25) is 0 Å². The summed E-state index contributed by atoms with van der Waals surface area (Å²) in [7, 11) is 0. The van der Waals surface area contributed by atoms with Crippen LogP contribution in [0.4, 0.5) is 0 Å². The average molecular weight is 257 g/mol. The molecule has 1 amide bonds. The van der Waals surface area contributed by atoms with E-state index in [1.807, 2.05) is 30.9 Å². The van der Waals surface area contributed by atoms with Crippen molar-refractivity contribution in [1.82, 2.24) is 15.1 Å². The second-order valence-corrected chi connectivity index (χ2v) is 4.65. The topological polar surface area (TPSA) is 49.0 Å². The summed E-state index contributed by atoms with van der Waals surface area (Å²) in [5, 5.41) is 6.72. The number of hydrogen-bond acceptors (Lipinski definition) is 2. The molecule has 0 radical (unpaired) electrons. The molecule has 2 aromatic rings. The third-order valence-electron chi connectivity index (χ3n) is 3.35. The first-order chi connectivity index (χ1) is 9.13. The van der Waals surface area contributed by atoms with E-state index in [1.165, 1.54) is 11.1 Å². The zero-order chi connectivity index (χ0) is 13.8. The first kappa shape index (κ1) is 13.3. The van der Waals surface area contributed by atoms with Gasteiger partial charge in [0.2, 0.25) is 0 Å². The molecule has 0 saturated heterocycles. The maximum atomic E-state index is 12.4. The minimum atomic E-state index is 0.0250. The standard InChI is InChI=1S/C15H19N3O/c1-4-18(10-13-8-6-5-7-11(13)2)15(19)14-9-16-17-12(14)3/h5-9H,4,10H2,1-3H3,(H,16,17). The molecule has 1 heterocycles. The number of rotatable bonds is 4. The number of aromatic amines is 1. The lowest BCUT2D eigenvalue weighted by atomic mass is 10.1. The van der Waals surface area contributed by atoms with Crippen LogP contribution >= 0.6 is 0 Å². The van der Waals surface area contributed by atoms with Crippen LogP contribution in [0.3, 0.4) is 0 Å². The van der Waals surface area contributed by atoms with Crippen LogP contribution in [-0.4, -0.2) is 27.5 Å². The minimum Gasteiger partial charge on any atom is -0.334 e. The van der Waals surface area contributed by atoms with E-state index in [-0.39, 0.29) is 5.91 Å². The van der Waals surface area contributed by atoms with Crippen LogP contribution in [0.25, 0.3) is 0 Å². The van der Waals surface area contributed by atoms with Gasteiger partial charge in [0.25, 0.3) is 5.91 Å². The highest BCUT2D eigenvalue weighted by molar-refractivity contribution is 5.94. The Bertz CT molecular complexity index is 574. The van der Waals surface area contributed by atoms with Crippen molar-refractivity contribution in [3.8, 4) is 0 Å². The highest BCUT2D eigenvalue weighted by atomic mass is 16.2. The zero-order valence-corrected chi connectivity index (χ0v) is 11.6. The molecule has 0 fully saturated rings. The molecule has 1 aromatic heterocycles. The molecule has 1 aromatic carbocycles. The van der Waals surface area contributed by atoms with Crippen LogP contribution in [0.1, 0.15) is 34.1 Å². The molecular formula is C15H19N3O. The van der Waals surface area contributed by atoms with E-state index < -0.39 is 0 Å². The molecule has 0 saturated carbocycles. The highest BCUT2D eigenvalue weighted by Crippen LogP contribution is 2.14. The number of hydrogen-bond donors (Lipinski definition) is 1. The summed E-state index contributed by atoms with van der Waals surface area (Å²) in [6.45, 7) is 7.23. The van der Waals surface area contributed by atoms with Crippen molar-refractivity contribution in [3.63, 3.8) is 0 Å². The van der Waals surface area contributed by atoms with E-state index in [4.69, 9.17) is 0 Å². The summed E-state index contributed by atoms with van der Waals surface area (Å²) in [6, 6.07) is 8.14. The number of aromatic nitrogens is 2. The predicted octanol–water partition coefficient (Wildman–Crippen LogP) is 2.69. The normalized spacial score (nSPS) is 10.5. The van der Waals surface area contributed by atoms with Crippen molar-refractivity contribution in [2.24, 2.45) is 0 Å². The van der Waals surface area contributed by atoms with Crippen molar-refractivity contribution in [2.75, 3.05) is 6.54 Å². The largest absolute Gasteiger partial charge is 0.334 e. The van der Waals surface area contributed by atoms with Gasteiger partial charge >= 0.3 is 0 Å². The van der Waals surface area contributed by atoms with Crippen LogP contribution in [0.15, 0.2) is 30.5 Å².